The molecule has 0 spiro atoms. The van der Waals surface area contributed by atoms with Gasteiger partial charge in [0.25, 0.3) is 0 Å². The Morgan fingerprint density at radius 1 is 1.11 bits per heavy atom. The molecule has 0 saturated carbocycles. The van der Waals surface area contributed by atoms with E-state index in [1.807, 2.05) is 0 Å². The number of carbonyl (C=O) groups is 1. The van der Waals surface area contributed by atoms with Crippen molar-refractivity contribution < 1.29 is 9.53 Å². The van der Waals surface area contributed by atoms with Crippen LogP contribution in [0.3, 0.4) is 0 Å². The first-order chi connectivity index (χ1) is 17.1. The Balaban J connectivity index is 1.40. The van der Waals surface area contributed by atoms with Gasteiger partial charge in [-0.25, -0.2) is 14.8 Å². The Morgan fingerprint density at radius 2 is 1.91 bits per heavy atom. The van der Waals surface area contributed by atoms with Crippen LogP contribution in [0.2, 0.25) is 0 Å². The van der Waals surface area contributed by atoms with Crippen LogP contribution in [0.25, 0.3) is 0 Å². The number of urea groups is 1. The van der Waals surface area contributed by atoms with Crippen molar-refractivity contribution in [2.75, 3.05) is 43.1 Å². The zero-order valence-electron chi connectivity index (χ0n) is 19.8. The highest BCUT2D eigenvalue weighted by Crippen LogP contribution is 2.28. The number of hydrogen-bond acceptors (Lipinski definition) is 6. The molecule has 5 rings (SSSR count). The van der Waals surface area contributed by atoms with E-state index >= 15 is 0 Å². The zero-order chi connectivity index (χ0) is 24.2. The summed E-state index contributed by atoms with van der Waals surface area (Å²) < 4.78 is 5.57. The fourth-order valence-corrected chi connectivity index (χ4v) is 4.57. The van der Waals surface area contributed by atoms with Crippen LogP contribution in [0.4, 0.5) is 16.3 Å². The lowest BCUT2D eigenvalue weighted by atomic mass is 10.0. The Labute approximate surface area is 205 Å². The molecule has 0 radical (unpaired) electrons. The second kappa shape index (κ2) is 10.1. The molecule has 0 bridgehead atoms. The first-order valence-electron chi connectivity index (χ1n) is 11.9. The molecule has 8 heteroatoms. The summed E-state index contributed by atoms with van der Waals surface area (Å²) in [7, 11) is 0. The maximum Gasteiger partial charge on any atom is 0.322 e. The van der Waals surface area contributed by atoms with Crippen LogP contribution in [-0.4, -0.2) is 53.7 Å². The van der Waals surface area contributed by atoms with Crippen molar-refractivity contribution in [3.8, 4) is 6.07 Å². The first-order valence-corrected chi connectivity index (χ1v) is 11.9. The highest BCUT2D eigenvalue weighted by molar-refractivity contribution is 5.89. The molecule has 8 nitrogen and oxygen atoms in total. The number of aryl methyl sites for hydroxylation is 1. The second-order valence-electron chi connectivity index (χ2n) is 8.94. The number of ether oxygens (including phenoxy) is 1. The standard InChI is InChI=1S/C27H28N6O2/c1-19-3-2-4-21(15-19)16-25-30-24-9-10-33(27(34)29-22-7-5-20(17-28)6-8-22)18-23(24)26(31-25)32-11-13-35-14-12-32/h2-8,15H,9-14,16,18H2,1H3,(H,29,34). The number of amides is 2. The molecule has 2 aromatic carbocycles. The molecule has 0 atom stereocenters. The van der Waals surface area contributed by atoms with E-state index in [2.05, 4.69) is 47.5 Å². The van der Waals surface area contributed by atoms with Crippen molar-refractivity contribution in [1.29, 1.82) is 5.26 Å². The predicted molar refractivity (Wildman–Crippen MR) is 133 cm³/mol. The number of aromatic nitrogens is 2. The number of fused-ring (bicyclic) bond motifs is 1. The summed E-state index contributed by atoms with van der Waals surface area (Å²) in [5, 5.41) is 11.9. The molecular formula is C27H28N6O2. The number of carbonyl (C=O) groups excluding carboxylic acids is 1. The average Bonchev–Trinajstić information content (AvgIpc) is 2.89. The lowest BCUT2D eigenvalue weighted by Crippen LogP contribution is -2.42. The molecule has 0 aliphatic carbocycles. The fraction of sp³-hybridized carbons (Fsp3) is 0.333. The van der Waals surface area contributed by atoms with Crippen molar-refractivity contribution in [1.82, 2.24) is 14.9 Å². The largest absolute Gasteiger partial charge is 0.378 e. The third-order valence-electron chi connectivity index (χ3n) is 6.39. The maximum atomic E-state index is 13.0. The van der Waals surface area contributed by atoms with E-state index in [-0.39, 0.29) is 6.03 Å². The smallest absolute Gasteiger partial charge is 0.322 e. The number of morpholine rings is 1. The fourth-order valence-electron chi connectivity index (χ4n) is 4.57. The Bertz CT molecular complexity index is 1260. The van der Waals surface area contributed by atoms with Crippen LogP contribution in [-0.2, 0) is 24.1 Å². The molecule has 35 heavy (non-hydrogen) atoms. The molecule has 1 fully saturated rings. The van der Waals surface area contributed by atoms with Crippen molar-refractivity contribution in [3.63, 3.8) is 0 Å². The van der Waals surface area contributed by atoms with Gasteiger partial charge >= 0.3 is 6.03 Å². The summed E-state index contributed by atoms with van der Waals surface area (Å²) in [4.78, 5) is 27.0. The minimum atomic E-state index is -0.169. The molecule has 178 valence electrons. The number of nitrogens with zero attached hydrogens (tertiary/aromatic N) is 5. The van der Waals surface area contributed by atoms with Gasteiger partial charge in [-0.2, -0.15) is 5.26 Å². The van der Waals surface area contributed by atoms with Crippen LogP contribution >= 0.6 is 0 Å². The van der Waals surface area contributed by atoms with Gasteiger partial charge in [-0.3, -0.25) is 0 Å². The number of hydrogen-bond donors (Lipinski definition) is 1. The third kappa shape index (κ3) is 5.26. The van der Waals surface area contributed by atoms with Crippen LogP contribution < -0.4 is 10.2 Å². The van der Waals surface area contributed by atoms with Crippen molar-refractivity contribution in [2.24, 2.45) is 0 Å². The molecule has 3 aromatic rings. The van der Waals surface area contributed by atoms with Crippen LogP contribution in [0, 0.1) is 18.3 Å². The topological polar surface area (TPSA) is 94.4 Å². The van der Waals surface area contributed by atoms with Crippen molar-refractivity contribution in [2.45, 2.75) is 26.3 Å². The maximum absolute atomic E-state index is 13.0. The molecule has 1 N–H and O–H groups in total. The lowest BCUT2D eigenvalue weighted by molar-refractivity contribution is 0.122. The summed E-state index contributed by atoms with van der Waals surface area (Å²) in [5.74, 6) is 1.73. The van der Waals surface area contributed by atoms with Crippen LogP contribution in [0.5, 0.6) is 0 Å². The van der Waals surface area contributed by atoms with Gasteiger partial charge in [0.2, 0.25) is 0 Å². The molecule has 3 heterocycles. The Hall–Kier alpha value is -3.96. The van der Waals surface area contributed by atoms with Crippen molar-refractivity contribution >= 4 is 17.5 Å². The Kier molecular flexibility index (Phi) is 6.59. The second-order valence-corrected chi connectivity index (χ2v) is 8.94. The van der Waals surface area contributed by atoms with Crippen LogP contribution in [0.15, 0.2) is 48.5 Å². The third-order valence-corrected chi connectivity index (χ3v) is 6.39. The monoisotopic (exact) mass is 468 g/mol. The summed E-state index contributed by atoms with van der Waals surface area (Å²) in [6.45, 7) is 5.99. The normalized spacial score (nSPS) is 15.3. The molecule has 2 aliphatic rings. The highest BCUT2D eigenvalue weighted by atomic mass is 16.5. The quantitative estimate of drug-likeness (QED) is 0.628. The van der Waals surface area contributed by atoms with Gasteiger partial charge in [0.1, 0.15) is 11.6 Å². The van der Waals surface area contributed by atoms with E-state index in [4.69, 9.17) is 20.0 Å². The van der Waals surface area contributed by atoms with E-state index in [1.54, 1.807) is 29.2 Å². The van der Waals surface area contributed by atoms with E-state index < -0.39 is 0 Å². The van der Waals surface area contributed by atoms with Gasteiger partial charge in [0, 0.05) is 43.7 Å². The summed E-state index contributed by atoms with van der Waals surface area (Å²) in [6.07, 6.45) is 1.35. The van der Waals surface area contributed by atoms with Crippen molar-refractivity contribution in [3.05, 3.63) is 82.3 Å². The number of anilines is 2. The lowest BCUT2D eigenvalue weighted by Gasteiger charge is -2.34. The van der Waals surface area contributed by atoms with Gasteiger partial charge in [-0.15, -0.1) is 0 Å². The minimum absolute atomic E-state index is 0.169. The number of benzene rings is 2. The minimum Gasteiger partial charge on any atom is -0.378 e. The van der Waals surface area contributed by atoms with Gasteiger partial charge < -0.3 is 19.9 Å². The summed E-state index contributed by atoms with van der Waals surface area (Å²) in [6, 6.07) is 17.2. The van der Waals surface area contributed by atoms with Crippen LogP contribution in [0.1, 0.15) is 33.8 Å². The number of nitriles is 1. The molecule has 1 saturated heterocycles. The van der Waals surface area contributed by atoms with Gasteiger partial charge in [0.15, 0.2) is 0 Å². The molecular weight excluding hydrogens is 440 g/mol. The molecule has 2 amide bonds. The molecule has 0 unspecified atom stereocenters. The highest BCUT2D eigenvalue weighted by Gasteiger charge is 2.28. The number of nitrogens with one attached hydrogen (secondary N) is 1. The number of rotatable bonds is 4. The average molecular weight is 469 g/mol. The summed E-state index contributed by atoms with van der Waals surface area (Å²) >= 11 is 0. The van der Waals surface area contributed by atoms with Gasteiger partial charge in [-0.05, 0) is 36.8 Å². The first kappa shape index (κ1) is 22.8. The van der Waals surface area contributed by atoms with Gasteiger partial charge in [-0.1, -0.05) is 29.8 Å². The predicted octanol–water partition coefficient (Wildman–Crippen LogP) is 3.67. The van der Waals surface area contributed by atoms with E-state index in [0.717, 1.165) is 36.0 Å². The SMILES string of the molecule is Cc1cccc(Cc2nc3c(c(N4CCOCC4)n2)CN(C(=O)Nc2ccc(C#N)cc2)CC3)c1. The molecule has 1 aromatic heterocycles. The molecule has 2 aliphatic heterocycles. The zero-order valence-corrected chi connectivity index (χ0v) is 19.8. The van der Waals surface area contributed by atoms with E-state index in [0.29, 0.717) is 50.4 Å². The van der Waals surface area contributed by atoms with Gasteiger partial charge in [0.05, 0.1) is 37.1 Å². The summed E-state index contributed by atoms with van der Waals surface area (Å²) in [5.41, 5.74) is 5.67. The van der Waals surface area contributed by atoms with E-state index in [9.17, 15) is 4.79 Å². The Morgan fingerprint density at radius 3 is 2.66 bits per heavy atom. The van der Waals surface area contributed by atoms with E-state index in [1.165, 1.54) is 11.1 Å².